The van der Waals surface area contributed by atoms with E-state index in [2.05, 4.69) is 15.4 Å². The number of hydrogen-bond donors (Lipinski definition) is 2. The molecule has 0 aromatic carbocycles. The van der Waals surface area contributed by atoms with Crippen LogP contribution in [0.1, 0.15) is 37.1 Å². The van der Waals surface area contributed by atoms with Crippen molar-refractivity contribution < 1.29 is 13.2 Å². The molecule has 1 aromatic rings. The zero-order chi connectivity index (χ0) is 14.9. The number of hydrogen-bond acceptors (Lipinski definition) is 5. The minimum atomic E-state index is -4.27. The summed E-state index contributed by atoms with van der Waals surface area (Å²) in [5, 5.41) is 0. The van der Waals surface area contributed by atoms with Crippen molar-refractivity contribution in [3.05, 3.63) is 11.4 Å². The van der Waals surface area contributed by atoms with Gasteiger partial charge in [-0.25, -0.2) is 15.8 Å². The quantitative estimate of drug-likeness (QED) is 0.643. The van der Waals surface area contributed by atoms with Crippen LogP contribution < -0.4 is 16.2 Å². The van der Waals surface area contributed by atoms with E-state index in [0.717, 1.165) is 12.8 Å². The van der Waals surface area contributed by atoms with Crippen molar-refractivity contribution >= 4 is 11.6 Å². The molecule has 20 heavy (non-hydrogen) atoms. The van der Waals surface area contributed by atoms with Crippen LogP contribution in [0.25, 0.3) is 0 Å². The van der Waals surface area contributed by atoms with Gasteiger partial charge in [0.15, 0.2) is 0 Å². The van der Waals surface area contributed by atoms with Crippen molar-refractivity contribution in [2.24, 2.45) is 5.84 Å². The van der Waals surface area contributed by atoms with E-state index in [0.29, 0.717) is 23.0 Å². The first-order valence-corrected chi connectivity index (χ1v) is 6.52. The molecule has 0 amide bonds. The van der Waals surface area contributed by atoms with Gasteiger partial charge in [-0.2, -0.15) is 13.2 Å². The number of halogens is 3. The molecule has 0 aliphatic heterocycles. The first-order chi connectivity index (χ1) is 9.35. The van der Waals surface area contributed by atoms with Crippen LogP contribution in [0.2, 0.25) is 0 Å². The van der Waals surface area contributed by atoms with E-state index in [9.17, 15) is 13.2 Å². The molecule has 0 saturated heterocycles. The highest BCUT2D eigenvalue weighted by molar-refractivity contribution is 5.58. The Hall–Kier alpha value is -1.57. The third-order valence-electron chi connectivity index (χ3n) is 3.27. The third-order valence-corrected chi connectivity index (χ3v) is 3.27. The van der Waals surface area contributed by atoms with Crippen molar-refractivity contribution in [1.82, 2.24) is 9.97 Å². The molecule has 8 heteroatoms. The van der Waals surface area contributed by atoms with E-state index in [1.165, 1.54) is 4.90 Å². The van der Waals surface area contributed by atoms with Crippen LogP contribution in [0.3, 0.4) is 0 Å². The van der Waals surface area contributed by atoms with Crippen molar-refractivity contribution in [2.75, 3.05) is 23.4 Å². The summed E-state index contributed by atoms with van der Waals surface area (Å²) in [6, 6.07) is 0. The normalized spacial score (nSPS) is 15.3. The van der Waals surface area contributed by atoms with Crippen LogP contribution in [-0.2, 0) is 0 Å². The lowest BCUT2D eigenvalue weighted by Crippen LogP contribution is -2.35. The molecule has 112 valence electrons. The standard InChI is InChI=1S/C12H18F3N5/c1-3-20(6-12(13,14)15)11-7(2)9(19-16)17-10(18-11)8-4-5-8/h8H,3-6,16H2,1-2H3,(H,17,18,19). The highest BCUT2D eigenvalue weighted by Gasteiger charge is 2.33. The Morgan fingerprint density at radius 3 is 2.45 bits per heavy atom. The molecule has 0 atom stereocenters. The molecule has 0 radical (unpaired) electrons. The van der Waals surface area contributed by atoms with Gasteiger partial charge in [-0.1, -0.05) is 0 Å². The van der Waals surface area contributed by atoms with E-state index in [1.54, 1.807) is 13.8 Å². The maximum Gasteiger partial charge on any atom is 0.405 e. The number of hydrazine groups is 1. The summed E-state index contributed by atoms with van der Waals surface area (Å²) in [7, 11) is 0. The van der Waals surface area contributed by atoms with Crippen LogP contribution in [0, 0.1) is 6.92 Å². The molecule has 0 unspecified atom stereocenters. The van der Waals surface area contributed by atoms with E-state index in [1.807, 2.05) is 0 Å². The van der Waals surface area contributed by atoms with E-state index in [-0.39, 0.29) is 12.5 Å². The fourth-order valence-electron chi connectivity index (χ4n) is 2.05. The molecular weight excluding hydrogens is 271 g/mol. The number of rotatable bonds is 5. The zero-order valence-electron chi connectivity index (χ0n) is 11.5. The molecule has 3 N–H and O–H groups in total. The molecule has 5 nitrogen and oxygen atoms in total. The molecule has 1 aliphatic carbocycles. The predicted molar refractivity (Wildman–Crippen MR) is 70.5 cm³/mol. The van der Waals surface area contributed by atoms with Crippen molar-refractivity contribution in [1.29, 1.82) is 0 Å². The lowest BCUT2D eigenvalue weighted by molar-refractivity contribution is -0.119. The fraction of sp³-hybridized carbons (Fsp3) is 0.667. The van der Waals surface area contributed by atoms with Crippen LogP contribution in [0.15, 0.2) is 0 Å². The highest BCUT2D eigenvalue weighted by Crippen LogP contribution is 2.40. The molecule has 2 rings (SSSR count). The van der Waals surface area contributed by atoms with E-state index >= 15 is 0 Å². The number of nitrogens with two attached hydrogens (primary N) is 1. The summed E-state index contributed by atoms with van der Waals surface area (Å²) >= 11 is 0. The second kappa shape index (κ2) is 5.43. The Morgan fingerprint density at radius 2 is 2.00 bits per heavy atom. The van der Waals surface area contributed by atoms with Crippen LogP contribution in [-0.4, -0.2) is 29.2 Å². The van der Waals surface area contributed by atoms with Crippen LogP contribution >= 0.6 is 0 Å². The number of nitrogens with one attached hydrogen (secondary N) is 1. The highest BCUT2D eigenvalue weighted by atomic mass is 19.4. The van der Waals surface area contributed by atoms with Crippen LogP contribution in [0.5, 0.6) is 0 Å². The molecule has 0 spiro atoms. The molecular formula is C12H18F3N5. The second-order valence-corrected chi connectivity index (χ2v) is 4.93. The Balaban J connectivity index is 2.39. The van der Waals surface area contributed by atoms with E-state index in [4.69, 9.17) is 5.84 Å². The molecule has 1 heterocycles. The Labute approximate surface area is 115 Å². The fourth-order valence-corrected chi connectivity index (χ4v) is 2.05. The Kier molecular flexibility index (Phi) is 4.03. The van der Waals surface area contributed by atoms with Gasteiger partial charge in [0.25, 0.3) is 0 Å². The van der Waals surface area contributed by atoms with Gasteiger partial charge in [-0.3, -0.25) is 0 Å². The molecule has 1 fully saturated rings. The summed E-state index contributed by atoms with van der Waals surface area (Å²) in [6.07, 6.45) is -2.33. The average Bonchev–Trinajstić information content (AvgIpc) is 3.19. The minimum absolute atomic E-state index is 0.214. The van der Waals surface area contributed by atoms with Gasteiger partial charge >= 0.3 is 6.18 Å². The molecule has 0 bridgehead atoms. The Bertz CT molecular complexity index is 485. The SMILES string of the molecule is CCN(CC(F)(F)F)c1nc(C2CC2)nc(NN)c1C. The molecule has 1 aromatic heterocycles. The third kappa shape index (κ3) is 3.30. The molecule has 1 aliphatic rings. The largest absolute Gasteiger partial charge is 0.405 e. The minimum Gasteiger partial charge on any atom is -0.347 e. The number of anilines is 2. The lowest BCUT2D eigenvalue weighted by Gasteiger charge is -2.26. The lowest BCUT2D eigenvalue weighted by atomic mass is 10.2. The maximum absolute atomic E-state index is 12.6. The maximum atomic E-state index is 12.6. The first-order valence-electron chi connectivity index (χ1n) is 6.52. The summed E-state index contributed by atoms with van der Waals surface area (Å²) in [4.78, 5) is 9.79. The number of nitrogens with zero attached hydrogens (tertiary/aromatic N) is 3. The summed E-state index contributed by atoms with van der Waals surface area (Å²) in [5.41, 5.74) is 2.97. The van der Waals surface area contributed by atoms with Gasteiger partial charge in [0.2, 0.25) is 0 Å². The van der Waals surface area contributed by atoms with E-state index < -0.39 is 12.7 Å². The monoisotopic (exact) mass is 289 g/mol. The number of nitrogen functional groups attached to an aromatic ring is 1. The average molecular weight is 289 g/mol. The first kappa shape index (κ1) is 14.8. The second-order valence-electron chi connectivity index (χ2n) is 4.93. The van der Waals surface area contributed by atoms with Gasteiger partial charge in [-0.15, -0.1) is 0 Å². The van der Waals surface area contributed by atoms with Gasteiger partial charge in [-0.05, 0) is 26.7 Å². The number of aromatic nitrogens is 2. The van der Waals surface area contributed by atoms with Gasteiger partial charge in [0, 0.05) is 18.0 Å². The van der Waals surface area contributed by atoms with Crippen LogP contribution in [0.4, 0.5) is 24.8 Å². The summed E-state index contributed by atoms with van der Waals surface area (Å²) in [5.74, 6) is 6.89. The summed E-state index contributed by atoms with van der Waals surface area (Å²) < 4.78 is 37.9. The van der Waals surface area contributed by atoms with Gasteiger partial charge in [0.05, 0.1) is 0 Å². The van der Waals surface area contributed by atoms with Gasteiger partial charge < -0.3 is 10.3 Å². The zero-order valence-corrected chi connectivity index (χ0v) is 11.5. The smallest absolute Gasteiger partial charge is 0.347 e. The van der Waals surface area contributed by atoms with Gasteiger partial charge in [0.1, 0.15) is 24.0 Å². The molecule has 1 saturated carbocycles. The summed E-state index contributed by atoms with van der Waals surface area (Å²) in [6.45, 7) is 2.51. The predicted octanol–water partition coefficient (Wildman–Crippen LogP) is 2.34. The Morgan fingerprint density at radius 1 is 1.35 bits per heavy atom. The van der Waals surface area contributed by atoms with Crippen molar-refractivity contribution in [2.45, 2.75) is 38.8 Å². The van der Waals surface area contributed by atoms with Crippen molar-refractivity contribution in [3.63, 3.8) is 0 Å². The topological polar surface area (TPSA) is 67.1 Å². The number of alkyl halides is 3. The van der Waals surface area contributed by atoms with Crippen molar-refractivity contribution in [3.8, 4) is 0 Å².